The molecule has 2 aliphatic rings. The van der Waals surface area contributed by atoms with Crippen molar-refractivity contribution in [1.29, 1.82) is 0 Å². The van der Waals surface area contributed by atoms with Crippen LogP contribution in [-0.4, -0.2) is 104 Å². The first-order valence-electron chi connectivity index (χ1n) is 11.7. The van der Waals surface area contributed by atoms with E-state index in [-0.39, 0.29) is 30.8 Å². The molecule has 20 heteroatoms. The van der Waals surface area contributed by atoms with E-state index in [1.54, 1.807) is 6.55 Å². The second-order valence-corrected chi connectivity index (χ2v) is 24.1. The van der Waals surface area contributed by atoms with Gasteiger partial charge in [0.2, 0.25) is 0 Å². The highest BCUT2D eigenvalue weighted by atomic mass is 28.5. The summed E-state index contributed by atoms with van der Waals surface area (Å²) in [5.41, 5.74) is -3.71. The Labute approximate surface area is 219 Å². The van der Waals surface area contributed by atoms with Crippen molar-refractivity contribution in [2.45, 2.75) is 68.2 Å². The first-order valence-corrected chi connectivity index (χ1v) is 22.4. The summed E-state index contributed by atoms with van der Waals surface area (Å²) in [6, 6.07) is 0.617. The van der Waals surface area contributed by atoms with Gasteiger partial charge in [-0.1, -0.05) is 0 Å². The van der Waals surface area contributed by atoms with Gasteiger partial charge in [-0.3, -0.25) is 0 Å². The molecule has 2 rings (SSSR count). The Morgan fingerprint density at radius 3 is 1.97 bits per heavy atom. The van der Waals surface area contributed by atoms with Crippen molar-refractivity contribution in [2.75, 3.05) is 41.2 Å². The number of halogens is 6. The Kier molecular flexibility index (Phi) is 12.1. The van der Waals surface area contributed by atoms with Crippen molar-refractivity contribution in [2.24, 2.45) is 0 Å². The third-order valence-corrected chi connectivity index (χ3v) is 25.2. The van der Waals surface area contributed by atoms with E-state index < -0.39 is 62.4 Å². The molecule has 0 radical (unpaired) electrons. The quantitative estimate of drug-likeness (QED) is 0.130. The zero-order valence-electron chi connectivity index (χ0n) is 21.7. The molecule has 0 spiro atoms. The average molecular weight is 639 g/mol. The molecule has 5 atom stereocenters. The lowest BCUT2D eigenvalue weighted by Gasteiger charge is -2.45. The normalized spacial score (nSPS) is 31.9. The van der Waals surface area contributed by atoms with E-state index in [0.29, 0.717) is 19.6 Å². The summed E-state index contributed by atoms with van der Waals surface area (Å²) in [5.74, 6) is 0. The van der Waals surface area contributed by atoms with Gasteiger partial charge in [-0.25, -0.2) is 0 Å². The van der Waals surface area contributed by atoms with E-state index in [9.17, 15) is 26.3 Å². The van der Waals surface area contributed by atoms with Gasteiger partial charge in [-0.15, -0.1) is 0 Å². The minimum atomic E-state index is -5.59. The van der Waals surface area contributed by atoms with Gasteiger partial charge >= 0.3 is 47.6 Å². The maximum absolute atomic E-state index is 13.6. The molecule has 220 valence electrons. The highest BCUT2D eigenvalue weighted by molar-refractivity contribution is 6.87. The Balaban J connectivity index is 2.29. The summed E-state index contributed by atoms with van der Waals surface area (Å²) in [5, 5.41) is 0. The second-order valence-electron chi connectivity index (χ2n) is 9.17. The minimum absolute atomic E-state index is 0.0218. The zero-order valence-corrected chi connectivity index (χ0v) is 27.0. The Hall–Kier alpha value is 0.304. The van der Waals surface area contributed by atoms with E-state index in [0.717, 1.165) is 0 Å². The van der Waals surface area contributed by atoms with Gasteiger partial charge in [0, 0.05) is 34.0 Å². The predicted octanol–water partition coefficient (Wildman–Crippen LogP) is 3.46. The summed E-state index contributed by atoms with van der Waals surface area (Å²) in [7, 11) is -13.1. The first-order chi connectivity index (χ1) is 17.0. The van der Waals surface area contributed by atoms with Gasteiger partial charge in [0.25, 0.3) is 9.28 Å². The highest BCUT2D eigenvalue weighted by Gasteiger charge is 2.65. The molecular weight excluding hydrogens is 603 g/mol. The molecule has 2 fully saturated rings. The third-order valence-electron chi connectivity index (χ3n) is 5.96. The molecule has 0 bridgehead atoms. The molecule has 0 aromatic heterocycles. The van der Waals surface area contributed by atoms with Gasteiger partial charge in [0.05, 0.1) is 13.2 Å². The van der Waals surface area contributed by atoms with Gasteiger partial charge < -0.3 is 39.2 Å². The number of ether oxygens (including phenoxy) is 2. The van der Waals surface area contributed by atoms with E-state index in [4.69, 9.17) is 39.2 Å². The number of hydrogen-bond acceptors (Lipinski definition) is 9. The van der Waals surface area contributed by atoms with Crippen LogP contribution in [0.15, 0.2) is 0 Å². The summed E-state index contributed by atoms with van der Waals surface area (Å²) in [4.78, 5) is 0. The number of alkyl halides is 6. The summed E-state index contributed by atoms with van der Waals surface area (Å²) < 4.78 is 132. The summed E-state index contributed by atoms with van der Waals surface area (Å²) in [6.07, 6.45) is -10.9. The van der Waals surface area contributed by atoms with Crippen molar-refractivity contribution in [3.05, 3.63) is 0 Å². The largest absolute Gasteiger partial charge is 0.500 e. The van der Waals surface area contributed by atoms with Crippen LogP contribution in [0.1, 0.15) is 6.42 Å². The smallest absolute Gasteiger partial charge is 0.420 e. The minimum Gasteiger partial charge on any atom is -0.420 e. The predicted molar refractivity (Wildman–Crippen MR) is 130 cm³/mol. The average Bonchev–Trinajstić information content (AvgIpc) is 3.56. The van der Waals surface area contributed by atoms with E-state index in [1.165, 1.54) is 34.4 Å². The Morgan fingerprint density at radius 2 is 1.49 bits per heavy atom. The molecule has 0 aliphatic carbocycles. The fourth-order valence-electron chi connectivity index (χ4n) is 4.02. The van der Waals surface area contributed by atoms with E-state index in [1.807, 2.05) is 0 Å². The van der Waals surface area contributed by atoms with Crippen LogP contribution in [0, 0.1) is 0 Å². The maximum atomic E-state index is 13.6. The molecule has 9 nitrogen and oxygen atoms in total. The molecular formula is C17H36F6O9Si5. The zero-order chi connectivity index (χ0) is 28.1. The number of epoxide rings is 1. The monoisotopic (exact) mass is 638 g/mol. The number of hydrogen-bond donors (Lipinski definition) is 0. The molecule has 37 heavy (non-hydrogen) atoms. The van der Waals surface area contributed by atoms with Crippen LogP contribution >= 0.6 is 0 Å². The maximum Gasteiger partial charge on any atom is 0.500 e. The van der Waals surface area contributed by atoms with Crippen LogP contribution in [0.5, 0.6) is 0 Å². The molecule has 2 aliphatic heterocycles. The van der Waals surface area contributed by atoms with E-state index in [2.05, 4.69) is 0 Å². The standard InChI is InChI=1S/C17H36F6O9Si5/c1-24-37(25-2,26-3)11-10-36(6)30-33(4)29-34(15(16(18,19)20)17(21,22)23)31-35(5,32-36)9-7-8-27-12-14-13-28-14/h14-15,33-34H,7-13H2,1-6H3. The van der Waals surface area contributed by atoms with Crippen LogP contribution in [0.3, 0.4) is 0 Å². The highest BCUT2D eigenvalue weighted by Crippen LogP contribution is 2.48. The van der Waals surface area contributed by atoms with Crippen LogP contribution in [0.4, 0.5) is 26.3 Å². The fourth-order valence-corrected chi connectivity index (χ4v) is 25.1. The van der Waals surface area contributed by atoms with Crippen LogP contribution < -0.4 is 0 Å². The third kappa shape index (κ3) is 10.3. The van der Waals surface area contributed by atoms with Crippen molar-refractivity contribution >= 4 is 44.5 Å². The van der Waals surface area contributed by atoms with Gasteiger partial charge in [0.15, 0.2) is 5.54 Å². The van der Waals surface area contributed by atoms with Crippen LogP contribution in [0.25, 0.3) is 0 Å². The van der Waals surface area contributed by atoms with Crippen molar-refractivity contribution in [3.8, 4) is 0 Å². The molecule has 0 aromatic carbocycles. The van der Waals surface area contributed by atoms with Crippen molar-refractivity contribution in [3.63, 3.8) is 0 Å². The topological polar surface area (TPSA) is 86.4 Å². The molecule has 2 heterocycles. The van der Waals surface area contributed by atoms with Crippen LogP contribution in [0.2, 0.25) is 43.3 Å². The Morgan fingerprint density at radius 1 is 0.946 bits per heavy atom. The summed E-state index contributed by atoms with van der Waals surface area (Å²) in [6.45, 7) is 5.72. The second kappa shape index (κ2) is 13.3. The first kappa shape index (κ1) is 33.5. The van der Waals surface area contributed by atoms with Crippen molar-refractivity contribution in [1.82, 2.24) is 0 Å². The number of rotatable bonds is 13. The van der Waals surface area contributed by atoms with Gasteiger partial charge in [-0.2, -0.15) is 26.3 Å². The Bertz CT molecular complexity index is 696. The van der Waals surface area contributed by atoms with Gasteiger partial charge in [-0.05, 0) is 38.2 Å². The summed E-state index contributed by atoms with van der Waals surface area (Å²) >= 11 is 0. The van der Waals surface area contributed by atoms with Crippen LogP contribution in [-0.2, 0) is 39.2 Å². The molecule has 2 saturated heterocycles. The lowest BCUT2D eigenvalue weighted by atomic mass is 10.4. The molecule has 0 N–H and O–H groups in total. The molecule has 0 saturated carbocycles. The molecule has 0 aromatic rings. The fraction of sp³-hybridized carbons (Fsp3) is 1.00. The lowest BCUT2D eigenvalue weighted by Crippen LogP contribution is -2.62. The van der Waals surface area contributed by atoms with E-state index >= 15 is 0 Å². The van der Waals surface area contributed by atoms with Crippen molar-refractivity contribution < 1.29 is 65.6 Å². The molecule has 0 amide bonds. The molecule has 5 unspecified atom stereocenters. The SMILES string of the molecule is CO[Si](CC[Si]1(C)O[SiH](C)O[SiH](C(C(F)(F)F)C(F)(F)F)O[Si](C)(CCCOCC2CO2)O1)(OC)OC. The lowest BCUT2D eigenvalue weighted by molar-refractivity contribution is -0.236. The van der Waals surface area contributed by atoms with Gasteiger partial charge in [0.1, 0.15) is 6.10 Å².